The second-order valence-electron chi connectivity index (χ2n) is 8.02. The standard InChI is InChI=1S/C24H22Cl2FN3O2/c1-14-3-8-23(29-10-14)32-15(2)18-12-30(24(31)17-5-7-22(27)28-11-17)13-19(18)16-4-6-20(25)21(26)9-16/h3-11,15,18-19H,12-13H2,1-2H3/t15-,18+,19+/m1/s1. The van der Waals surface area contributed by atoms with Crippen LogP contribution in [0.2, 0.25) is 10.0 Å². The minimum Gasteiger partial charge on any atom is -0.474 e. The molecule has 166 valence electrons. The van der Waals surface area contributed by atoms with Gasteiger partial charge in [0.25, 0.3) is 5.91 Å². The van der Waals surface area contributed by atoms with E-state index in [2.05, 4.69) is 9.97 Å². The summed E-state index contributed by atoms with van der Waals surface area (Å²) in [5.74, 6) is -0.341. The molecule has 1 aromatic carbocycles. The average molecular weight is 474 g/mol. The number of halogens is 3. The molecule has 0 saturated carbocycles. The monoisotopic (exact) mass is 473 g/mol. The topological polar surface area (TPSA) is 55.3 Å². The van der Waals surface area contributed by atoms with Gasteiger partial charge in [-0.05, 0) is 49.2 Å². The Kier molecular flexibility index (Phi) is 6.63. The van der Waals surface area contributed by atoms with Gasteiger partial charge in [-0.3, -0.25) is 4.79 Å². The fraction of sp³-hybridized carbons (Fsp3) is 0.292. The van der Waals surface area contributed by atoms with E-state index in [0.717, 1.165) is 11.1 Å². The molecule has 1 fully saturated rings. The van der Waals surface area contributed by atoms with E-state index in [-0.39, 0.29) is 23.8 Å². The number of aryl methyl sites for hydroxylation is 1. The number of ether oxygens (including phenoxy) is 1. The van der Waals surface area contributed by atoms with Crippen molar-refractivity contribution in [1.29, 1.82) is 0 Å². The molecule has 1 aliphatic heterocycles. The SMILES string of the molecule is Cc1ccc(O[C@H](C)[C@@H]2CN(C(=O)c3ccc(F)nc3)C[C@H]2c2ccc(Cl)c(Cl)c2)nc1. The number of benzene rings is 1. The number of hydrogen-bond donors (Lipinski definition) is 0. The first kappa shape index (κ1) is 22.5. The van der Waals surface area contributed by atoms with Gasteiger partial charge in [0, 0.05) is 43.4 Å². The lowest BCUT2D eigenvalue weighted by Gasteiger charge is -2.25. The number of carbonyl (C=O) groups is 1. The highest BCUT2D eigenvalue weighted by molar-refractivity contribution is 6.42. The van der Waals surface area contributed by atoms with Gasteiger partial charge in [0.15, 0.2) is 0 Å². The average Bonchev–Trinajstić information content (AvgIpc) is 3.23. The Morgan fingerprint density at radius 1 is 1.09 bits per heavy atom. The van der Waals surface area contributed by atoms with Crippen LogP contribution in [0.5, 0.6) is 5.88 Å². The van der Waals surface area contributed by atoms with Gasteiger partial charge in [-0.15, -0.1) is 0 Å². The van der Waals surface area contributed by atoms with Crippen LogP contribution in [0.3, 0.4) is 0 Å². The Morgan fingerprint density at radius 2 is 1.91 bits per heavy atom. The van der Waals surface area contributed by atoms with Crippen molar-refractivity contribution < 1.29 is 13.9 Å². The van der Waals surface area contributed by atoms with Crippen LogP contribution in [-0.4, -0.2) is 40.0 Å². The Hall–Kier alpha value is -2.70. The zero-order valence-corrected chi connectivity index (χ0v) is 19.1. The first-order chi connectivity index (χ1) is 15.3. The molecular formula is C24H22Cl2FN3O2. The lowest BCUT2D eigenvalue weighted by Crippen LogP contribution is -2.32. The van der Waals surface area contributed by atoms with E-state index in [1.54, 1.807) is 17.2 Å². The van der Waals surface area contributed by atoms with Crippen LogP contribution in [0, 0.1) is 18.8 Å². The molecule has 2 aromatic heterocycles. The Morgan fingerprint density at radius 3 is 2.56 bits per heavy atom. The van der Waals surface area contributed by atoms with Crippen molar-refractivity contribution in [2.24, 2.45) is 5.92 Å². The van der Waals surface area contributed by atoms with Gasteiger partial charge in [-0.25, -0.2) is 9.97 Å². The molecule has 0 radical (unpaired) electrons. The molecule has 1 aliphatic rings. The normalized spacial score (nSPS) is 19.1. The fourth-order valence-electron chi connectivity index (χ4n) is 4.05. The van der Waals surface area contributed by atoms with E-state index >= 15 is 0 Å². The van der Waals surface area contributed by atoms with Crippen molar-refractivity contribution >= 4 is 29.1 Å². The number of likely N-dealkylation sites (tertiary alicyclic amines) is 1. The summed E-state index contributed by atoms with van der Waals surface area (Å²) < 4.78 is 19.3. The molecule has 1 amide bonds. The number of pyridine rings is 2. The summed E-state index contributed by atoms with van der Waals surface area (Å²) in [5, 5.41) is 0.938. The summed E-state index contributed by atoms with van der Waals surface area (Å²) >= 11 is 12.4. The third-order valence-electron chi connectivity index (χ3n) is 5.79. The summed E-state index contributed by atoms with van der Waals surface area (Å²) in [6.07, 6.45) is 2.79. The molecule has 8 heteroatoms. The highest BCUT2D eigenvalue weighted by atomic mass is 35.5. The lowest BCUT2D eigenvalue weighted by atomic mass is 9.86. The first-order valence-corrected chi connectivity index (χ1v) is 11.0. The highest BCUT2D eigenvalue weighted by Gasteiger charge is 2.40. The molecule has 0 spiro atoms. The van der Waals surface area contributed by atoms with Gasteiger partial charge >= 0.3 is 0 Å². The minimum atomic E-state index is -0.623. The van der Waals surface area contributed by atoms with E-state index in [0.29, 0.717) is 34.6 Å². The van der Waals surface area contributed by atoms with Crippen LogP contribution >= 0.6 is 23.2 Å². The third kappa shape index (κ3) is 4.87. The van der Waals surface area contributed by atoms with Crippen molar-refractivity contribution in [3.8, 4) is 5.88 Å². The van der Waals surface area contributed by atoms with Gasteiger partial charge < -0.3 is 9.64 Å². The van der Waals surface area contributed by atoms with E-state index in [9.17, 15) is 9.18 Å². The number of amides is 1. The summed E-state index contributed by atoms with van der Waals surface area (Å²) in [4.78, 5) is 22.8. The number of hydrogen-bond acceptors (Lipinski definition) is 4. The predicted molar refractivity (Wildman–Crippen MR) is 122 cm³/mol. The maximum atomic E-state index is 13.2. The number of nitrogens with zero attached hydrogens (tertiary/aromatic N) is 3. The summed E-state index contributed by atoms with van der Waals surface area (Å²) in [7, 11) is 0. The molecule has 1 saturated heterocycles. The minimum absolute atomic E-state index is 0.0206. The van der Waals surface area contributed by atoms with E-state index < -0.39 is 5.95 Å². The van der Waals surface area contributed by atoms with E-state index in [1.807, 2.05) is 38.1 Å². The molecule has 0 aliphatic carbocycles. The van der Waals surface area contributed by atoms with Gasteiger partial charge in [0.1, 0.15) is 6.10 Å². The molecule has 3 atom stereocenters. The lowest BCUT2D eigenvalue weighted by molar-refractivity contribution is 0.0769. The Bertz CT molecular complexity index is 1110. The second kappa shape index (κ2) is 9.43. The quantitative estimate of drug-likeness (QED) is 0.455. The third-order valence-corrected chi connectivity index (χ3v) is 6.53. The second-order valence-corrected chi connectivity index (χ2v) is 8.83. The fourth-order valence-corrected chi connectivity index (χ4v) is 4.36. The van der Waals surface area contributed by atoms with E-state index in [4.69, 9.17) is 27.9 Å². The van der Waals surface area contributed by atoms with E-state index in [1.165, 1.54) is 18.3 Å². The van der Waals surface area contributed by atoms with Crippen molar-refractivity contribution in [2.75, 3.05) is 13.1 Å². The van der Waals surface area contributed by atoms with Crippen molar-refractivity contribution in [3.05, 3.63) is 87.5 Å². The summed E-state index contributed by atoms with van der Waals surface area (Å²) in [6, 6.07) is 11.9. The highest BCUT2D eigenvalue weighted by Crippen LogP contribution is 2.38. The smallest absolute Gasteiger partial charge is 0.255 e. The number of aromatic nitrogens is 2. The molecule has 0 N–H and O–H groups in total. The van der Waals surface area contributed by atoms with Gasteiger partial charge in [-0.1, -0.05) is 35.3 Å². The summed E-state index contributed by atoms with van der Waals surface area (Å²) in [5.41, 5.74) is 2.36. The number of carbonyl (C=O) groups excluding carboxylic acids is 1. The van der Waals surface area contributed by atoms with Crippen LogP contribution in [0.4, 0.5) is 4.39 Å². The van der Waals surface area contributed by atoms with Gasteiger partial charge in [0.05, 0.1) is 15.6 Å². The molecule has 3 aromatic rings. The van der Waals surface area contributed by atoms with Crippen LogP contribution in [0.25, 0.3) is 0 Å². The van der Waals surface area contributed by atoms with Crippen LogP contribution in [0.1, 0.15) is 34.3 Å². The Labute approximate surface area is 196 Å². The first-order valence-electron chi connectivity index (χ1n) is 10.3. The molecular weight excluding hydrogens is 452 g/mol. The van der Waals surface area contributed by atoms with Crippen molar-refractivity contribution in [3.63, 3.8) is 0 Å². The molecule has 5 nitrogen and oxygen atoms in total. The van der Waals surface area contributed by atoms with Crippen molar-refractivity contribution in [1.82, 2.24) is 14.9 Å². The predicted octanol–water partition coefficient (Wildman–Crippen LogP) is 5.55. The maximum absolute atomic E-state index is 13.2. The van der Waals surface area contributed by atoms with Crippen LogP contribution in [-0.2, 0) is 0 Å². The van der Waals surface area contributed by atoms with Crippen molar-refractivity contribution in [2.45, 2.75) is 25.9 Å². The zero-order valence-electron chi connectivity index (χ0n) is 17.6. The maximum Gasteiger partial charge on any atom is 0.255 e. The Balaban J connectivity index is 1.61. The molecule has 0 bridgehead atoms. The molecule has 0 unspecified atom stereocenters. The number of rotatable bonds is 5. The molecule has 4 rings (SSSR count). The van der Waals surface area contributed by atoms with Crippen LogP contribution in [0.15, 0.2) is 54.9 Å². The largest absolute Gasteiger partial charge is 0.474 e. The molecule has 32 heavy (non-hydrogen) atoms. The summed E-state index contributed by atoms with van der Waals surface area (Å²) in [6.45, 7) is 4.87. The van der Waals surface area contributed by atoms with Crippen LogP contribution < -0.4 is 4.74 Å². The van der Waals surface area contributed by atoms with Gasteiger partial charge in [0.2, 0.25) is 11.8 Å². The zero-order chi connectivity index (χ0) is 22.8. The van der Waals surface area contributed by atoms with Gasteiger partial charge in [-0.2, -0.15) is 4.39 Å². The molecule has 3 heterocycles.